The molecule has 3 aliphatic rings. The van der Waals surface area contributed by atoms with Crippen molar-refractivity contribution in [1.82, 2.24) is 14.8 Å². The van der Waals surface area contributed by atoms with Crippen LogP contribution < -0.4 is 5.32 Å². The molecule has 1 amide bonds. The van der Waals surface area contributed by atoms with Gasteiger partial charge in [0.1, 0.15) is 5.76 Å². The quantitative estimate of drug-likeness (QED) is 0.852. The van der Waals surface area contributed by atoms with Crippen molar-refractivity contribution in [2.45, 2.75) is 49.7 Å². The molecule has 120 valence electrons. The lowest BCUT2D eigenvalue weighted by Crippen LogP contribution is -2.47. The van der Waals surface area contributed by atoms with Crippen molar-refractivity contribution in [2.24, 2.45) is 0 Å². The molecule has 4 heterocycles. The Hall–Kier alpha value is -1.05. The van der Waals surface area contributed by atoms with E-state index in [1.165, 1.54) is 12.8 Å². The summed E-state index contributed by atoms with van der Waals surface area (Å²) in [7, 11) is 0. The monoisotopic (exact) mass is 323 g/mol. The van der Waals surface area contributed by atoms with Crippen LogP contribution in [0.25, 0.3) is 0 Å². The number of hydrogen-bond donors (Lipinski definition) is 1. The summed E-state index contributed by atoms with van der Waals surface area (Å²) in [6, 6.07) is 3.20. The first-order chi connectivity index (χ1) is 10.7. The Morgan fingerprint density at radius 2 is 2.09 bits per heavy atom. The summed E-state index contributed by atoms with van der Waals surface area (Å²) in [5.74, 6) is 0.903. The van der Waals surface area contributed by atoms with Crippen molar-refractivity contribution in [3.63, 3.8) is 0 Å². The number of fused-ring (bicyclic) bond motifs is 2. The van der Waals surface area contributed by atoms with E-state index in [-0.39, 0.29) is 17.9 Å². The van der Waals surface area contributed by atoms with E-state index in [9.17, 15) is 4.79 Å². The lowest BCUT2D eigenvalue weighted by Gasteiger charge is -2.37. The van der Waals surface area contributed by atoms with E-state index < -0.39 is 0 Å². The number of rotatable bonds is 4. The van der Waals surface area contributed by atoms with Crippen molar-refractivity contribution in [3.8, 4) is 0 Å². The summed E-state index contributed by atoms with van der Waals surface area (Å²) < 4.78 is 12.9. The molecule has 3 fully saturated rings. The average molecular weight is 323 g/mol. The summed E-state index contributed by atoms with van der Waals surface area (Å²) in [6.07, 6.45) is 6.70. The number of carbonyl (C=O) groups excluding carboxylic acids is 1. The minimum Gasteiger partial charge on any atom is -0.380 e. The molecule has 0 aliphatic carbocycles. The van der Waals surface area contributed by atoms with Crippen molar-refractivity contribution >= 4 is 17.9 Å². The van der Waals surface area contributed by atoms with Crippen molar-refractivity contribution in [3.05, 3.63) is 17.5 Å². The fourth-order valence-electron chi connectivity index (χ4n) is 3.80. The van der Waals surface area contributed by atoms with Gasteiger partial charge in [-0.2, -0.15) is 0 Å². The van der Waals surface area contributed by atoms with E-state index in [0.29, 0.717) is 31.0 Å². The van der Waals surface area contributed by atoms with E-state index in [1.807, 2.05) is 11.9 Å². The first-order valence-corrected chi connectivity index (χ1v) is 9.10. The van der Waals surface area contributed by atoms with Crippen LogP contribution in [0.3, 0.4) is 0 Å². The summed E-state index contributed by atoms with van der Waals surface area (Å²) in [5, 5.41) is 7.05. The summed E-state index contributed by atoms with van der Waals surface area (Å²) in [5.41, 5.74) is 0.390. The molecule has 0 unspecified atom stereocenters. The van der Waals surface area contributed by atoms with Gasteiger partial charge < -0.3 is 14.6 Å². The fraction of sp³-hybridized carbons (Fsp3) is 0.733. The van der Waals surface area contributed by atoms with Crippen LogP contribution in [0, 0.1) is 0 Å². The van der Waals surface area contributed by atoms with Crippen LogP contribution in [0.4, 0.5) is 0 Å². The molecule has 1 aromatic rings. The predicted molar refractivity (Wildman–Crippen MR) is 82.7 cm³/mol. The van der Waals surface area contributed by atoms with E-state index in [0.717, 1.165) is 18.6 Å². The normalized spacial score (nSPS) is 32.0. The van der Waals surface area contributed by atoms with Gasteiger partial charge in [-0.3, -0.25) is 4.79 Å². The number of aromatic nitrogens is 1. The van der Waals surface area contributed by atoms with Gasteiger partial charge in [-0.15, -0.1) is 0 Å². The second-order valence-electron chi connectivity index (χ2n) is 6.42. The predicted octanol–water partition coefficient (Wildman–Crippen LogP) is 1.79. The topological polar surface area (TPSA) is 67.6 Å². The number of ether oxygens (including phenoxy) is 1. The number of piperidine rings is 1. The minimum absolute atomic E-state index is 0.114. The molecule has 7 heteroatoms. The number of carbonyl (C=O) groups is 1. The molecule has 2 atom stereocenters. The fourth-order valence-corrected chi connectivity index (χ4v) is 4.78. The molecule has 3 aliphatic heterocycles. The molecule has 1 N–H and O–H groups in total. The summed E-state index contributed by atoms with van der Waals surface area (Å²) in [4.78, 5) is 12.4. The third-order valence-electron chi connectivity index (χ3n) is 5.01. The number of nitrogens with zero attached hydrogens (tertiary/aromatic N) is 2. The second kappa shape index (κ2) is 5.86. The average Bonchev–Trinajstić information content (AvgIpc) is 3.00. The van der Waals surface area contributed by atoms with E-state index >= 15 is 0 Å². The number of hydrogen-bond acceptors (Lipinski definition) is 6. The Labute approximate surface area is 134 Å². The molecule has 1 aromatic heterocycles. The lowest BCUT2D eigenvalue weighted by molar-refractivity contribution is -0.00228. The Bertz CT molecular complexity index is 546. The third kappa shape index (κ3) is 2.55. The Balaban J connectivity index is 1.37. The Morgan fingerprint density at radius 1 is 1.36 bits per heavy atom. The molecule has 2 bridgehead atoms. The van der Waals surface area contributed by atoms with Crippen LogP contribution in [-0.2, 0) is 4.74 Å². The van der Waals surface area contributed by atoms with Gasteiger partial charge in [0, 0.05) is 24.2 Å². The van der Waals surface area contributed by atoms with Crippen molar-refractivity contribution in [2.75, 3.05) is 19.5 Å². The van der Waals surface area contributed by atoms with Crippen molar-refractivity contribution in [1.29, 1.82) is 0 Å². The van der Waals surface area contributed by atoms with Crippen LogP contribution in [-0.4, -0.2) is 53.0 Å². The number of nitrogens with one attached hydrogen (secondary N) is 1. The van der Waals surface area contributed by atoms with Crippen LogP contribution in [0.5, 0.6) is 0 Å². The third-order valence-corrected chi connectivity index (χ3v) is 6.03. The largest absolute Gasteiger partial charge is 0.380 e. The first kappa shape index (κ1) is 14.5. The first-order valence-electron chi connectivity index (χ1n) is 7.92. The van der Waals surface area contributed by atoms with Crippen LogP contribution in [0.2, 0.25) is 0 Å². The van der Waals surface area contributed by atoms with Crippen molar-refractivity contribution < 1.29 is 14.1 Å². The van der Waals surface area contributed by atoms with E-state index in [1.54, 1.807) is 6.07 Å². The maximum atomic E-state index is 12.4. The molecule has 22 heavy (non-hydrogen) atoms. The molecular weight excluding hydrogens is 302 g/mol. The number of amides is 1. The molecular formula is C15H21N3O3S. The van der Waals surface area contributed by atoms with Gasteiger partial charge in [0.25, 0.3) is 5.91 Å². The molecule has 0 saturated carbocycles. The smallest absolute Gasteiger partial charge is 0.273 e. The highest BCUT2D eigenvalue weighted by Crippen LogP contribution is 2.39. The second-order valence-corrected chi connectivity index (χ2v) is 7.20. The van der Waals surface area contributed by atoms with Gasteiger partial charge in [0.2, 0.25) is 0 Å². The molecule has 4 rings (SSSR count). The SMILES string of the molecule is CSN1[C@H]2CC[C@H]1CC(NC(=O)c1cc(C3COC3)on1)C2. The maximum Gasteiger partial charge on any atom is 0.273 e. The van der Waals surface area contributed by atoms with E-state index in [2.05, 4.69) is 21.0 Å². The van der Waals surface area contributed by atoms with Gasteiger partial charge >= 0.3 is 0 Å². The molecule has 6 nitrogen and oxygen atoms in total. The van der Waals surface area contributed by atoms with Gasteiger partial charge in [-0.1, -0.05) is 17.1 Å². The zero-order chi connectivity index (χ0) is 15.1. The molecule has 3 saturated heterocycles. The van der Waals surface area contributed by atoms with Crippen LogP contribution in [0.15, 0.2) is 10.6 Å². The minimum atomic E-state index is -0.114. The zero-order valence-corrected chi connectivity index (χ0v) is 13.5. The lowest BCUT2D eigenvalue weighted by atomic mass is 9.99. The summed E-state index contributed by atoms with van der Waals surface area (Å²) in [6.45, 7) is 1.32. The van der Waals surface area contributed by atoms with Gasteiger partial charge in [-0.25, -0.2) is 4.31 Å². The van der Waals surface area contributed by atoms with Crippen LogP contribution >= 0.6 is 11.9 Å². The molecule has 0 radical (unpaired) electrons. The van der Waals surface area contributed by atoms with E-state index in [4.69, 9.17) is 9.26 Å². The van der Waals surface area contributed by atoms with Gasteiger partial charge in [-0.05, 0) is 31.9 Å². The summed E-state index contributed by atoms with van der Waals surface area (Å²) >= 11 is 1.84. The molecule has 0 spiro atoms. The Morgan fingerprint density at radius 3 is 2.68 bits per heavy atom. The maximum absolute atomic E-state index is 12.4. The zero-order valence-electron chi connectivity index (χ0n) is 12.7. The van der Waals surface area contributed by atoms with Crippen LogP contribution in [0.1, 0.15) is 47.8 Å². The molecule has 0 aromatic carbocycles. The highest BCUT2D eigenvalue weighted by Gasteiger charge is 2.41. The highest BCUT2D eigenvalue weighted by molar-refractivity contribution is 7.96. The van der Waals surface area contributed by atoms with Gasteiger partial charge in [0.05, 0.1) is 19.1 Å². The van der Waals surface area contributed by atoms with Gasteiger partial charge in [0.15, 0.2) is 5.69 Å². The highest BCUT2D eigenvalue weighted by atomic mass is 32.2. The Kier molecular flexibility index (Phi) is 3.88. The standard InChI is InChI=1S/C15H21N3O3S/c1-22-18-11-2-3-12(18)5-10(4-11)16-15(19)13-6-14(21-17-13)9-7-20-8-9/h6,9-12H,2-5,7-8H2,1H3,(H,16,19)/t11-,12-/m0/s1.